The Bertz CT molecular complexity index is 643. The van der Waals surface area contributed by atoms with E-state index in [4.69, 9.17) is 5.11 Å². The third kappa shape index (κ3) is 4.29. The van der Waals surface area contributed by atoms with Gasteiger partial charge in [-0.1, -0.05) is 6.07 Å². The Morgan fingerprint density at radius 2 is 1.95 bits per heavy atom. The van der Waals surface area contributed by atoms with Gasteiger partial charge in [-0.3, -0.25) is 4.79 Å². The van der Waals surface area contributed by atoms with E-state index in [0.717, 1.165) is 13.1 Å². The highest BCUT2D eigenvalue weighted by Crippen LogP contribution is 2.30. The summed E-state index contributed by atoms with van der Waals surface area (Å²) < 4.78 is 77.4. The molecule has 11 heteroatoms. The zero-order valence-electron chi connectivity index (χ0n) is 10.4. The third-order valence-electron chi connectivity index (χ3n) is 2.20. The van der Waals surface area contributed by atoms with Crippen LogP contribution in [0.3, 0.4) is 0 Å². The summed E-state index contributed by atoms with van der Waals surface area (Å²) in [5.41, 5.74) is 0. The molecule has 0 aliphatic rings. The first-order chi connectivity index (χ1) is 9.45. The van der Waals surface area contributed by atoms with Crippen molar-refractivity contribution in [2.75, 3.05) is 13.6 Å². The van der Waals surface area contributed by atoms with Crippen LogP contribution in [0.1, 0.15) is 0 Å². The van der Waals surface area contributed by atoms with Gasteiger partial charge in [0.1, 0.15) is 11.4 Å². The second-order valence-corrected chi connectivity index (χ2v) is 5.78. The number of benzene rings is 1. The van der Waals surface area contributed by atoms with Gasteiger partial charge in [-0.15, -0.1) is 13.2 Å². The van der Waals surface area contributed by atoms with E-state index < -0.39 is 45.4 Å². The van der Waals surface area contributed by atoms with Gasteiger partial charge in [-0.05, 0) is 12.1 Å². The van der Waals surface area contributed by atoms with Crippen LogP contribution >= 0.6 is 0 Å². The van der Waals surface area contributed by atoms with Crippen LogP contribution in [0.5, 0.6) is 5.75 Å². The lowest BCUT2D eigenvalue weighted by molar-refractivity contribution is -0.275. The molecule has 0 amide bonds. The highest BCUT2D eigenvalue weighted by atomic mass is 32.2. The number of likely N-dealkylation sites (N-methyl/N-ethyl adjacent to an activating group) is 1. The molecule has 0 saturated heterocycles. The highest BCUT2D eigenvalue weighted by molar-refractivity contribution is 7.89. The maximum atomic E-state index is 13.8. The van der Waals surface area contributed by atoms with Gasteiger partial charge in [0.15, 0.2) is 11.6 Å². The van der Waals surface area contributed by atoms with Crippen LogP contribution in [0.4, 0.5) is 17.6 Å². The summed E-state index contributed by atoms with van der Waals surface area (Å²) in [7, 11) is -3.77. The minimum Gasteiger partial charge on any atom is -0.480 e. The fraction of sp³-hybridized carbons (Fsp3) is 0.300. The minimum absolute atomic E-state index is 0.283. The normalized spacial score (nSPS) is 12.5. The first kappa shape index (κ1) is 17.2. The Balaban J connectivity index is 3.25. The lowest BCUT2D eigenvalue weighted by atomic mass is 10.3. The largest absolute Gasteiger partial charge is 0.573 e. The molecule has 1 N–H and O–H groups in total. The summed E-state index contributed by atoms with van der Waals surface area (Å²) in [6.45, 7) is -0.980. The first-order valence-corrected chi connectivity index (χ1v) is 6.61. The van der Waals surface area contributed by atoms with Gasteiger partial charge in [-0.2, -0.15) is 4.31 Å². The van der Waals surface area contributed by atoms with Crippen LogP contribution in [0.2, 0.25) is 0 Å². The molecule has 0 spiro atoms. The molecule has 0 unspecified atom stereocenters. The topological polar surface area (TPSA) is 83.9 Å². The van der Waals surface area contributed by atoms with Gasteiger partial charge in [0.05, 0.1) is 0 Å². The Morgan fingerprint density at radius 3 is 2.43 bits per heavy atom. The lowest BCUT2D eigenvalue weighted by Gasteiger charge is -2.17. The second-order valence-electron chi connectivity index (χ2n) is 3.77. The van der Waals surface area contributed by atoms with Crippen molar-refractivity contribution >= 4 is 16.0 Å². The predicted octanol–water partition coefficient (Wildman–Crippen LogP) is 1.43. The SMILES string of the molecule is CN(CC(=O)O)S(=O)(=O)c1cccc(OC(F)(F)F)c1F. The van der Waals surface area contributed by atoms with E-state index in [1.54, 1.807) is 0 Å². The number of hydrogen-bond donors (Lipinski definition) is 1. The Hall–Kier alpha value is -1.88. The van der Waals surface area contributed by atoms with Crippen molar-refractivity contribution in [3.05, 3.63) is 24.0 Å². The molecular weight excluding hydrogens is 322 g/mol. The molecule has 0 aliphatic carbocycles. The maximum Gasteiger partial charge on any atom is 0.573 e. The molecule has 0 saturated carbocycles. The molecule has 118 valence electrons. The summed E-state index contributed by atoms with van der Waals surface area (Å²) in [5.74, 6) is -4.59. The number of halogens is 4. The highest BCUT2D eigenvalue weighted by Gasteiger charge is 2.34. The molecule has 0 bridgehead atoms. The zero-order valence-corrected chi connectivity index (χ0v) is 11.2. The maximum absolute atomic E-state index is 13.8. The summed E-state index contributed by atoms with van der Waals surface area (Å²) >= 11 is 0. The van der Waals surface area contributed by atoms with Crippen molar-refractivity contribution in [2.24, 2.45) is 0 Å². The monoisotopic (exact) mass is 331 g/mol. The Morgan fingerprint density at radius 1 is 1.38 bits per heavy atom. The molecule has 0 aliphatic heterocycles. The number of carboxylic acid groups (broad SMARTS) is 1. The molecule has 1 aromatic rings. The van der Waals surface area contributed by atoms with E-state index in [1.165, 1.54) is 0 Å². The lowest BCUT2D eigenvalue weighted by Crippen LogP contribution is -2.32. The third-order valence-corrected chi connectivity index (χ3v) is 4.02. The van der Waals surface area contributed by atoms with E-state index in [-0.39, 0.29) is 4.31 Å². The number of nitrogens with zero attached hydrogens (tertiary/aromatic N) is 1. The smallest absolute Gasteiger partial charge is 0.480 e. The van der Waals surface area contributed by atoms with Gasteiger partial charge in [-0.25, -0.2) is 12.8 Å². The summed E-state index contributed by atoms with van der Waals surface area (Å²) in [6, 6.07) is 2.14. The number of hydrogen-bond acceptors (Lipinski definition) is 4. The van der Waals surface area contributed by atoms with Crippen molar-refractivity contribution in [3.8, 4) is 5.75 Å². The Kier molecular flexibility index (Phi) is 4.79. The fourth-order valence-electron chi connectivity index (χ4n) is 1.34. The number of rotatable bonds is 5. The van der Waals surface area contributed by atoms with Crippen LogP contribution in [-0.4, -0.2) is 43.8 Å². The molecule has 0 heterocycles. The van der Waals surface area contributed by atoms with Crippen LogP contribution in [-0.2, 0) is 14.8 Å². The molecular formula is C10H9F4NO5S. The van der Waals surface area contributed by atoms with E-state index in [9.17, 15) is 30.8 Å². The van der Waals surface area contributed by atoms with Crippen molar-refractivity contribution in [2.45, 2.75) is 11.3 Å². The zero-order chi connectivity index (χ0) is 16.4. The van der Waals surface area contributed by atoms with Crippen LogP contribution in [0.15, 0.2) is 23.1 Å². The number of carboxylic acids is 1. The molecule has 0 fully saturated rings. The number of carbonyl (C=O) groups is 1. The molecule has 1 aromatic carbocycles. The van der Waals surface area contributed by atoms with E-state index in [0.29, 0.717) is 12.1 Å². The fourth-order valence-corrected chi connectivity index (χ4v) is 2.53. The van der Waals surface area contributed by atoms with Gasteiger partial charge in [0, 0.05) is 7.05 Å². The average Bonchev–Trinajstić information content (AvgIpc) is 2.29. The van der Waals surface area contributed by atoms with Crippen molar-refractivity contribution < 1.29 is 40.6 Å². The minimum atomic E-state index is -5.20. The standard InChI is InChI=1S/C10H9F4NO5S/c1-15(5-8(16)17)21(18,19)7-4-2-3-6(9(7)11)20-10(12,13)14/h2-4H,5H2,1H3,(H,16,17). The molecule has 0 aromatic heterocycles. The van der Waals surface area contributed by atoms with Gasteiger partial charge in [0.2, 0.25) is 10.0 Å². The number of ether oxygens (including phenoxy) is 1. The first-order valence-electron chi connectivity index (χ1n) is 5.17. The quantitative estimate of drug-likeness (QED) is 0.825. The van der Waals surface area contributed by atoms with Crippen LogP contribution in [0.25, 0.3) is 0 Å². The van der Waals surface area contributed by atoms with Crippen molar-refractivity contribution in [1.82, 2.24) is 4.31 Å². The number of aliphatic carboxylic acids is 1. The summed E-state index contributed by atoms with van der Waals surface area (Å²) in [4.78, 5) is 9.34. The van der Waals surface area contributed by atoms with Crippen molar-refractivity contribution in [3.63, 3.8) is 0 Å². The molecule has 6 nitrogen and oxygen atoms in total. The molecule has 0 atom stereocenters. The van der Waals surface area contributed by atoms with E-state index in [2.05, 4.69) is 4.74 Å². The van der Waals surface area contributed by atoms with Crippen LogP contribution in [0, 0.1) is 5.82 Å². The Labute approximate surface area is 116 Å². The van der Waals surface area contributed by atoms with Gasteiger partial charge >= 0.3 is 12.3 Å². The van der Waals surface area contributed by atoms with E-state index in [1.807, 2.05) is 0 Å². The number of alkyl halides is 3. The molecule has 21 heavy (non-hydrogen) atoms. The molecule has 0 radical (unpaired) electrons. The predicted molar refractivity (Wildman–Crippen MR) is 60.5 cm³/mol. The van der Waals surface area contributed by atoms with Gasteiger partial charge in [0.25, 0.3) is 0 Å². The number of sulfonamides is 1. The second kappa shape index (κ2) is 5.85. The summed E-state index contributed by atoms with van der Waals surface area (Å²) in [6.07, 6.45) is -5.20. The van der Waals surface area contributed by atoms with Crippen molar-refractivity contribution in [1.29, 1.82) is 0 Å². The molecule has 1 rings (SSSR count). The summed E-state index contributed by atoms with van der Waals surface area (Å²) in [5, 5.41) is 8.50. The average molecular weight is 331 g/mol. The van der Waals surface area contributed by atoms with Gasteiger partial charge < -0.3 is 9.84 Å². The van der Waals surface area contributed by atoms with Crippen LogP contribution < -0.4 is 4.74 Å². The van der Waals surface area contributed by atoms with E-state index >= 15 is 0 Å².